The van der Waals surface area contributed by atoms with Gasteiger partial charge in [0.2, 0.25) is 0 Å². The van der Waals surface area contributed by atoms with E-state index >= 15 is 0 Å². The van der Waals surface area contributed by atoms with E-state index in [1.807, 2.05) is 0 Å². The summed E-state index contributed by atoms with van der Waals surface area (Å²) in [5.74, 6) is 0.530. The van der Waals surface area contributed by atoms with E-state index in [9.17, 15) is 9.90 Å². The van der Waals surface area contributed by atoms with Crippen LogP contribution in [0.1, 0.15) is 49.9 Å². The molecule has 5 heteroatoms. The fourth-order valence-electron chi connectivity index (χ4n) is 3.03. The molecule has 110 valence electrons. The highest BCUT2D eigenvalue weighted by molar-refractivity contribution is 6.29. The van der Waals surface area contributed by atoms with Gasteiger partial charge in [-0.25, -0.2) is 9.78 Å². The average Bonchev–Trinajstić information content (AvgIpc) is 2.38. The standard InChI is InChI=1S/C15H21ClN2O2/c1-9(2)10-5-3-4-6-12(10)17-14-11(15(19)20)7-8-13(16)18-14/h7-10,12H,3-6H2,1-2H3,(H,17,18)(H,19,20). The molecule has 2 N–H and O–H groups in total. The van der Waals surface area contributed by atoms with Gasteiger partial charge in [0, 0.05) is 6.04 Å². The highest BCUT2D eigenvalue weighted by Gasteiger charge is 2.28. The number of hydrogen-bond donors (Lipinski definition) is 2. The van der Waals surface area contributed by atoms with Crippen LogP contribution in [0.5, 0.6) is 0 Å². The molecule has 0 aliphatic heterocycles. The molecule has 1 aromatic rings. The molecule has 1 fully saturated rings. The number of nitrogens with zero attached hydrogens (tertiary/aromatic N) is 1. The van der Waals surface area contributed by atoms with Crippen LogP contribution in [0.15, 0.2) is 12.1 Å². The Morgan fingerprint density at radius 1 is 1.40 bits per heavy atom. The number of aromatic nitrogens is 1. The molecule has 20 heavy (non-hydrogen) atoms. The van der Waals surface area contributed by atoms with Crippen molar-refractivity contribution in [3.05, 3.63) is 22.8 Å². The second-order valence-electron chi connectivity index (χ2n) is 5.78. The van der Waals surface area contributed by atoms with E-state index in [1.165, 1.54) is 31.4 Å². The summed E-state index contributed by atoms with van der Waals surface area (Å²) in [6.45, 7) is 4.43. The molecule has 2 atom stereocenters. The van der Waals surface area contributed by atoms with E-state index in [-0.39, 0.29) is 11.6 Å². The first kappa shape index (κ1) is 15.1. The van der Waals surface area contributed by atoms with Crippen molar-refractivity contribution in [3.8, 4) is 0 Å². The molecular weight excluding hydrogens is 276 g/mol. The number of aromatic carboxylic acids is 1. The van der Waals surface area contributed by atoms with Gasteiger partial charge in [-0.3, -0.25) is 0 Å². The lowest BCUT2D eigenvalue weighted by Crippen LogP contribution is -2.36. The predicted octanol–water partition coefficient (Wildman–Crippen LogP) is 4.06. The van der Waals surface area contributed by atoms with Gasteiger partial charge in [-0.05, 0) is 36.8 Å². The minimum Gasteiger partial charge on any atom is -0.478 e. The van der Waals surface area contributed by atoms with Crippen LogP contribution in [0.4, 0.5) is 5.82 Å². The van der Waals surface area contributed by atoms with Crippen molar-refractivity contribution >= 4 is 23.4 Å². The number of pyridine rings is 1. The number of nitrogens with one attached hydrogen (secondary N) is 1. The van der Waals surface area contributed by atoms with Gasteiger partial charge in [0.05, 0.1) is 0 Å². The van der Waals surface area contributed by atoms with Gasteiger partial charge in [0.25, 0.3) is 0 Å². The summed E-state index contributed by atoms with van der Waals surface area (Å²) in [5.41, 5.74) is 0.183. The quantitative estimate of drug-likeness (QED) is 0.823. The average molecular weight is 297 g/mol. The Kier molecular flexibility index (Phi) is 4.86. The first-order valence-electron chi connectivity index (χ1n) is 7.15. The third-order valence-corrected chi connectivity index (χ3v) is 4.30. The lowest BCUT2D eigenvalue weighted by Gasteiger charge is -2.35. The molecule has 0 amide bonds. The van der Waals surface area contributed by atoms with E-state index < -0.39 is 5.97 Å². The van der Waals surface area contributed by atoms with Crippen LogP contribution in [0, 0.1) is 11.8 Å². The molecule has 2 rings (SSSR count). The molecule has 0 spiro atoms. The van der Waals surface area contributed by atoms with Crippen molar-refractivity contribution in [1.82, 2.24) is 4.98 Å². The smallest absolute Gasteiger partial charge is 0.339 e. The molecule has 1 aromatic heterocycles. The highest BCUT2D eigenvalue weighted by atomic mass is 35.5. The van der Waals surface area contributed by atoms with Gasteiger partial charge in [-0.15, -0.1) is 0 Å². The highest BCUT2D eigenvalue weighted by Crippen LogP contribution is 2.32. The van der Waals surface area contributed by atoms with E-state index in [0.717, 1.165) is 6.42 Å². The number of rotatable bonds is 4. The Morgan fingerprint density at radius 3 is 2.75 bits per heavy atom. The van der Waals surface area contributed by atoms with Crippen LogP contribution in [0.3, 0.4) is 0 Å². The number of anilines is 1. The summed E-state index contributed by atoms with van der Waals surface area (Å²) < 4.78 is 0. The van der Waals surface area contributed by atoms with E-state index in [2.05, 4.69) is 24.1 Å². The minimum atomic E-state index is -0.978. The summed E-state index contributed by atoms with van der Waals surface area (Å²) >= 11 is 5.89. The van der Waals surface area contributed by atoms with Crippen molar-refractivity contribution in [2.45, 2.75) is 45.6 Å². The third-order valence-electron chi connectivity index (χ3n) is 4.09. The lowest BCUT2D eigenvalue weighted by molar-refractivity contribution is 0.0697. The predicted molar refractivity (Wildman–Crippen MR) is 80.4 cm³/mol. The Labute approximate surface area is 124 Å². The van der Waals surface area contributed by atoms with Gasteiger partial charge in [0.15, 0.2) is 0 Å². The lowest BCUT2D eigenvalue weighted by atomic mass is 9.78. The molecule has 1 aliphatic carbocycles. The zero-order valence-corrected chi connectivity index (χ0v) is 12.7. The molecular formula is C15H21ClN2O2. The summed E-state index contributed by atoms with van der Waals surface area (Å²) in [6.07, 6.45) is 4.65. The summed E-state index contributed by atoms with van der Waals surface area (Å²) in [4.78, 5) is 15.4. The first-order chi connectivity index (χ1) is 9.49. The molecule has 1 aliphatic rings. The largest absolute Gasteiger partial charge is 0.478 e. The third kappa shape index (κ3) is 3.42. The molecule has 1 heterocycles. The van der Waals surface area contributed by atoms with Crippen molar-refractivity contribution in [2.75, 3.05) is 5.32 Å². The van der Waals surface area contributed by atoms with Crippen LogP contribution in [0.25, 0.3) is 0 Å². The monoisotopic (exact) mass is 296 g/mol. The molecule has 0 bridgehead atoms. The summed E-state index contributed by atoms with van der Waals surface area (Å²) in [6, 6.07) is 3.29. The fraction of sp³-hybridized carbons (Fsp3) is 0.600. The van der Waals surface area contributed by atoms with E-state index in [0.29, 0.717) is 22.8 Å². The number of carbonyl (C=O) groups is 1. The van der Waals surface area contributed by atoms with Crippen molar-refractivity contribution < 1.29 is 9.90 Å². The van der Waals surface area contributed by atoms with Crippen LogP contribution in [-0.2, 0) is 0 Å². The normalized spacial score (nSPS) is 22.8. The number of carboxylic acid groups (broad SMARTS) is 1. The number of halogens is 1. The number of carboxylic acids is 1. The Bertz CT molecular complexity index is 491. The SMILES string of the molecule is CC(C)C1CCCCC1Nc1nc(Cl)ccc1C(=O)O. The van der Waals surface area contributed by atoms with Crippen LogP contribution >= 0.6 is 11.6 Å². The van der Waals surface area contributed by atoms with Gasteiger partial charge < -0.3 is 10.4 Å². The molecule has 0 aromatic carbocycles. The van der Waals surface area contributed by atoms with Gasteiger partial charge in [-0.1, -0.05) is 38.3 Å². The van der Waals surface area contributed by atoms with Gasteiger partial charge in [-0.2, -0.15) is 0 Å². The van der Waals surface area contributed by atoms with Crippen LogP contribution in [0.2, 0.25) is 5.15 Å². The van der Waals surface area contributed by atoms with Crippen molar-refractivity contribution in [2.24, 2.45) is 11.8 Å². The first-order valence-corrected chi connectivity index (χ1v) is 7.53. The van der Waals surface area contributed by atoms with E-state index in [1.54, 1.807) is 0 Å². The maximum Gasteiger partial charge on any atom is 0.339 e. The zero-order chi connectivity index (χ0) is 14.7. The van der Waals surface area contributed by atoms with Crippen LogP contribution in [-0.4, -0.2) is 22.1 Å². The maximum atomic E-state index is 11.3. The van der Waals surface area contributed by atoms with E-state index in [4.69, 9.17) is 11.6 Å². The second-order valence-corrected chi connectivity index (χ2v) is 6.17. The minimum absolute atomic E-state index is 0.183. The molecule has 0 radical (unpaired) electrons. The fourth-order valence-corrected chi connectivity index (χ4v) is 3.18. The van der Waals surface area contributed by atoms with Crippen LogP contribution < -0.4 is 5.32 Å². The topological polar surface area (TPSA) is 62.2 Å². The van der Waals surface area contributed by atoms with Gasteiger partial charge in [0.1, 0.15) is 16.5 Å². The second kappa shape index (κ2) is 6.44. The number of hydrogen-bond acceptors (Lipinski definition) is 3. The summed E-state index contributed by atoms with van der Waals surface area (Å²) in [5, 5.41) is 12.9. The Balaban J connectivity index is 2.23. The molecule has 4 nitrogen and oxygen atoms in total. The maximum absolute atomic E-state index is 11.3. The van der Waals surface area contributed by atoms with Crippen molar-refractivity contribution in [3.63, 3.8) is 0 Å². The Morgan fingerprint density at radius 2 is 2.10 bits per heavy atom. The zero-order valence-electron chi connectivity index (χ0n) is 11.9. The molecule has 1 saturated carbocycles. The Hall–Kier alpha value is -1.29. The molecule has 2 unspecified atom stereocenters. The summed E-state index contributed by atoms with van der Waals surface area (Å²) in [7, 11) is 0. The molecule has 0 saturated heterocycles. The van der Waals surface area contributed by atoms with Crippen molar-refractivity contribution in [1.29, 1.82) is 0 Å². The van der Waals surface area contributed by atoms with Gasteiger partial charge >= 0.3 is 5.97 Å².